The first-order valence-corrected chi connectivity index (χ1v) is 7.50. The lowest BCUT2D eigenvalue weighted by molar-refractivity contribution is 0.0600. The van der Waals surface area contributed by atoms with Crippen LogP contribution in [0.5, 0.6) is 0 Å². The predicted octanol–water partition coefficient (Wildman–Crippen LogP) is 3.02. The number of benzene rings is 1. The van der Waals surface area contributed by atoms with E-state index in [1.807, 2.05) is 48.1 Å². The number of anilines is 2. The van der Waals surface area contributed by atoms with Gasteiger partial charge in [-0.2, -0.15) is 0 Å². The van der Waals surface area contributed by atoms with Gasteiger partial charge in [-0.15, -0.1) is 0 Å². The van der Waals surface area contributed by atoms with Gasteiger partial charge >= 0.3 is 5.97 Å². The van der Waals surface area contributed by atoms with Crippen LogP contribution < -0.4 is 4.90 Å². The number of carbonyl (C=O) groups is 1. The molecular formula is C17H20N4O2. The van der Waals surface area contributed by atoms with Gasteiger partial charge in [0.1, 0.15) is 5.82 Å². The molecule has 0 bridgehead atoms. The molecule has 0 atom stereocenters. The van der Waals surface area contributed by atoms with Crippen molar-refractivity contribution in [3.8, 4) is 0 Å². The number of fused-ring (bicyclic) bond motifs is 1. The largest absolute Gasteiger partial charge is 0.465 e. The highest BCUT2D eigenvalue weighted by Crippen LogP contribution is 2.29. The molecule has 2 aromatic heterocycles. The molecule has 0 aliphatic carbocycles. The number of nitrogens with zero attached hydrogens (tertiary/aromatic N) is 3. The number of hydrogen-bond acceptors (Lipinski definition) is 4. The van der Waals surface area contributed by atoms with Gasteiger partial charge in [-0.25, -0.2) is 9.78 Å². The van der Waals surface area contributed by atoms with Crippen LogP contribution in [0.1, 0.15) is 22.8 Å². The minimum atomic E-state index is -0.319. The van der Waals surface area contributed by atoms with Gasteiger partial charge in [0.2, 0.25) is 0 Å². The zero-order valence-electron chi connectivity index (χ0n) is 13.8. The molecule has 3 aromatic rings. The second kappa shape index (κ2) is 5.79. The zero-order chi connectivity index (χ0) is 16.6. The van der Waals surface area contributed by atoms with E-state index in [0.717, 1.165) is 34.5 Å². The summed E-state index contributed by atoms with van der Waals surface area (Å²) >= 11 is 0. The fraction of sp³-hybridized carbons (Fsp3) is 0.294. The van der Waals surface area contributed by atoms with Crippen LogP contribution in [0.3, 0.4) is 0 Å². The van der Waals surface area contributed by atoms with Crippen LogP contribution in [0.15, 0.2) is 30.5 Å². The summed E-state index contributed by atoms with van der Waals surface area (Å²) in [7, 11) is 5.34. The number of carbonyl (C=O) groups excluding carboxylic acids is 1. The van der Waals surface area contributed by atoms with Crippen molar-refractivity contribution in [2.75, 3.05) is 19.1 Å². The normalized spacial score (nSPS) is 11.0. The molecule has 3 rings (SSSR count). The van der Waals surface area contributed by atoms with E-state index in [2.05, 4.69) is 17.0 Å². The molecule has 0 unspecified atom stereocenters. The third kappa shape index (κ3) is 2.56. The number of methoxy groups -OCH3 is 1. The molecule has 23 heavy (non-hydrogen) atoms. The van der Waals surface area contributed by atoms with Crippen LogP contribution in [-0.4, -0.2) is 34.9 Å². The average molecular weight is 312 g/mol. The van der Waals surface area contributed by atoms with Gasteiger partial charge in [0.05, 0.1) is 29.9 Å². The van der Waals surface area contributed by atoms with E-state index < -0.39 is 0 Å². The highest BCUT2D eigenvalue weighted by Gasteiger charge is 2.14. The van der Waals surface area contributed by atoms with Crippen molar-refractivity contribution >= 4 is 28.5 Å². The summed E-state index contributed by atoms with van der Waals surface area (Å²) in [5, 5.41) is 3.14. The number of aromatic amines is 1. The molecule has 6 nitrogen and oxygen atoms in total. The number of H-pyrrole nitrogens is 1. The molecule has 0 radical (unpaired) electrons. The summed E-state index contributed by atoms with van der Waals surface area (Å²) in [5.74, 6) is 0.540. The van der Waals surface area contributed by atoms with Gasteiger partial charge in [-0.05, 0) is 30.2 Å². The minimum Gasteiger partial charge on any atom is -0.465 e. The SMILES string of the molecule is CCc1cc(C(=O)OC)ccc1N(C)c1cc2c(cn1)[nH]n2C. The number of aromatic nitrogens is 3. The number of pyridine rings is 1. The molecule has 0 aliphatic heterocycles. The summed E-state index contributed by atoms with van der Waals surface area (Å²) in [6.07, 6.45) is 2.65. The van der Waals surface area contributed by atoms with Crippen LogP contribution in [0.25, 0.3) is 11.0 Å². The third-order valence-electron chi connectivity index (χ3n) is 4.10. The summed E-state index contributed by atoms with van der Waals surface area (Å²) in [6.45, 7) is 2.07. The van der Waals surface area contributed by atoms with Crippen LogP contribution in [0, 0.1) is 0 Å². The standard InChI is InChI=1S/C17H20N4O2/c1-5-11-8-12(17(22)23-4)6-7-14(11)20(2)16-9-15-13(10-18-16)19-21(15)3/h6-10,19H,5H2,1-4H3. The van der Waals surface area contributed by atoms with Gasteiger partial charge in [-0.3, -0.25) is 9.78 Å². The van der Waals surface area contributed by atoms with Gasteiger partial charge in [-0.1, -0.05) is 6.92 Å². The quantitative estimate of drug-likeness (QED) is 0.752. The summed E-state index contributed by atoms with van der Waals surface area (Å²) in [5.41, 5.74) is 4.82. The summed E-state index contributed by atoms with van der Waals surface area (Å²) in [4.78, 5) is 18.2. The predicted molar refractivity (Wildman–Crippen MR) is 90.3 cm³/mol. The Hall–Kier alpha value is -2.76. The number of nitrogens with one attached hydrogen (secondary N) is 1. The Morgan fingerprint density at radius 3 is 2.83 bits per heavy atom. The van der Waals surface area contributed by atoms with E-state index in [9.17, 15) is 4.79 Å². The molecule has 120 valence electrons. The molecular weight excluding hydrogens is 292 g/mol. The van der Waals surface area contributed by atoms with Crippen molar-refractivity contribution in [1.82, 2.24) is 14.8 Å². The maximum absolute atomic E-state index is 11.7. The maximum atomic E-state index is 11.7. The molecule has 1 aromatic carbocycles. The zero-order valence-corrected chi connectivity index (χ0v) is 13.8. The van der Waals surface area contributed by atoms with Crippen molar-refractivity contribution < 1.29 is 9.53 Å². The molecule has 0 amide bonds. The Morgan fingerprint density at radius 2 is 2.17 bits per heavy atom. The Bertz CT molecular complexity index is 863. The third-order valence-corrected chi connectivity index (χ3v) is 4.10. The number of ether oxygens (including phenoxy) is 1. The molecule has 0 saturated carbocycles. The lowest BCUT2D eigenvalue weighted by Crippen LogP contribution is -2.15. The lowest BCUT2D eigenvalue weighted by Gasteiger charge is -2.23. The van der Waals surface area contributed by atoms with E-state index in [0.29, 0.717) is 5.56 Å². The smallest absolute Gasteiger partial charge is 0.337 e. The second-order valence-corrected chi connectivity index (χ2v) is 5.48. The van der Waals surface area contributed by atoms with Crippen LogP contribution in [-0.2, 0) is 18.2 Å². The van der Waals surface area contributed by atoms with Gasteiger partial charge in [0, 0.05) is 25.8 Å². The molecule has 0 aliphatic rings. The van der Waals surface area contributed by atoms with Crippen LogP contribution in [0.4, 0.5) is 11.5 Å². The van der Waals surface area contributed by atoms with Gasteiger partial charge in [0.15, 0.2) is 0 Å². The van der Waals surface area contributed by atoms with Crippen molar-refractivity contribution in [2.45, 2.75) is 13.3 Å². The Balaban J connectivity index is 1.99. The summed E-state index contributed by atoms with van der Waals surface area (Å²) in [6, 6.07) is 7.64. The van der Waals surface area contributed by atoms with Gasteiger partial charge < -0.3 is 9.64 Å². The Morgan fingerprint density at radius 1 is 1.39 bits per heavy atom. The number of esters is 1. The van der Waals surface area contributed by atoms with E-state index in [-0.39, 0.29) is 5.97 Å². The van der Waals surface area contributed by atoms with Crippen molar-refractivity contribution in [1.29, 1.82) is 0 Å². The Kier molecular flexibility index (Phi) is 3.82. The van der Waals surface area contributed by atoms with Crippen LogP contribution in [0.2, 0.25) is 0 Å². The van der Waals surface area contributed by atoms with E-state index >= 15 is 0 Å². The number of hydrogen-bond donors (Lipinski definition) is 1. The fourth-order valence-corrected chi connectivity index (χ4v) is 2.73. The Labute approximate surface area is 134 Å². The molecule has 2 heterocycles. The molecule has 0 saturated heterocycles. The van der Waals surface area contributed by atoms with E-state index in [4.69, 9.17) is 4.74 Å². The second-order valence-electron chi connectivity index (χ2n) is 5.48. The minimum absolute atomic E-state index is 0.319. The van der Waals surface area contributed by atoms with Crippen molar-refractivity contribution in [3.05, 3.63) is 41.6 Å². The highest BCUT2D eigenvalue weighted by molar-refractivity contribution is 5.90. The first-order valence-electron chi connectivity index (χ1n) is 7.50. The molecule has 0 fully saturated rings. The van der Waals surface area contributed by atoms with Crippen molar-refractivity contribution in [3.63, 3.8) is 0 Å². The number of rotatable bonds is 4. The molecule has 6 heteroatoms. The van der Waals surface area contributed by atoms with E-state index in [1.54, 1.807) is 6.07 Å². The molecule has 0 spiro atoms. The summed E-state index contributed by atoms with van der Waals surface area (Å²) < 4.78 is 6.75. The molecule has 1 N–H and O–H groups in total. The highest BCUT2D eigenvalue weighted by atomic mass is 16.5. The van der Waals surface area contributed by atoms with Crippen molar-refractivity contribution in [2.24, 2.45) is 7.05 Å². The number of aryl methyl sites for hydroxylation is 2. The topological polar surface area (TPSA) is 63.1 Å². The van der Waals surface area contributed by atoms with E-state index in [1.165, 1.54) is 7.11 Å². The lowest BCUT2D eigenvalue weighted by atomic mass is 10.1. The van der Waals surface area contributed by atoms with Crippen LogP contribution >= 0.6 is 0 Å². The first kappa shape index (κ1) is 15.1. The maximum Gasteiger partial charge on any atom is 0.337 e. The first-order chi connectivity index (χ1) is 11.0. The van der Waals surface area contributed by atoms with Gasteiger partial charge in [0.25, 0.3) is 0 Å². The monoisotopic (exact) mass is 312 g/mol. The average Bonchev–Trinajstić information content (AvgIpc) is 2.59. The fourth-order valence-electron chi connectivity index (χ4n) is 2.73.